The van der Waals surface area contributed by atoms with Crippen LogP contribution in [0.5, 0.6) is 0 Å². The smallest absolute Gasteiger partial charge is 0.255 e. The van der Waals surface area contributed by atoms with Crippen molar-refractivity contribution in [2.75, 3.05) is 5.32 Å². The predicted octanol–water partition coefficient (Wildman–Crippen LogP) is 4.83. The molecule has 4 rings (SSSR count). The van der Waals surface area contributed by atoms with E-state index in [9.17, 15) is 9.18 Å². The van der Waals surface area contributed by atoms with Gasteiger partial charge in [-0.15, -0.1) is 10.2 Å². The second kappa shape index (κ2) is 7.60. The summed E-state index contributed by atoms with van der Waals surface area (Å²) in [5, 5.41) is 11.3. The number of nitrogens with one attached hydrogen (secondary N) is 1. The Balaban J connectivity index is 1.64. The van der Waals surface area contributed by atoms with E-state index in [2.05, 4.69) is 31.4 Å². The van der Waals surface area contributed by atoms with Crippen LogP contribution in [0.25, 0.3) is 11.4 Å². The first kappa shape index (κ1) is 17.9. The molecule has 1 amide bonds. The highest BCUT2D eigenvalue weighted by molar-refractivity contribution is 9.10. The molecule has 2 heterocycles. The number of benzene rings is 2. The van der Waals surface area contributed by atoms with Crippen LogP contribution in [-0.2, 0) is 13.0 Å². The summed E-state index contributed by atoms with van der Waals surface area (Å²) in [6.45, 7) is 0.783. The number of aryl methyl sites for hydroxylation is 1. The van der Waals surface area contributed by atoms with E-state index in [0.29, 0.717) is 22.6 Å². The largest absolute Gasteiger partial charge is 0.322 e. The van der Waals surface area contributed by atoms with Gasteiger partial charge in [0.2, 0.25) is 0 Å². The number of nitrogens with zero attached hydrogens (tertiary/aromatic N) is 3. The topological polar surface area (TPSA) is 59.8 Å². The number of hydrogen-bond acceptors (Lipinski definition) is 3. The van der Waals surface area contributed by atoms with Crippen LogP contribution in [0.2, 0.25) is 0 Å². The third kappa shape index (κ3) is 3.78. The van der Waals surface area contributed by atoms with E-state index in [4.69, 9.17) is 0 Å². The van der Waals surface area contributed by atoms with E-state index in [1.165, 1.54) is 6.07 Å². The lowest BCUT2D eigenvalue weighted by molar-refractivity contribution is 0.102. The van der Waals surface area contributed by atoms with Crippen molar-refractivity contribution in [2.45, 2.75) is 32.2 Å². The summed E-state index contributed by atoms with van der Waals surface area (Å²) in [6.07, 6.45) is 4.09. The molecule has 0 spiro atoms. The van der Waals surface area contributed by atoms with Gasteiger partial charge in [0.15, 0.2) is 5.82 Å². The molecule has 0 aliphatic carbocycles. The van der Waals surface area contributed by atoms with E-state index < -0.39 is 0 Å². The predicted molar refractivity (Wildman–Crippen MR) is 105 cm³/mol. The van der Waals surface area contributed by atoms with E-state index >= 15 is 0 Å². The van der Waals surface area contributed by atoms with Gasteiger partial charge in [-0.3, -0.25) is 4.79 Å². The molecule has 0 fully saturated rings. The van der Waals surface area contributed by atoms with Crippen LogP contribution in [0.3, 0.4) is 0 Å². The van der Waals surface area contributed by atoms with Gasteiger partial charge in [-0.05, 0) is 49.2 Å². The Labute approximate surface area is 164 Å². The molecule has 0 saturated heterocycles. The van der Waals surface area contributed by atoms with Crippen molar-refractivity contribution in [3.63, 3.8) is 0 Å². The van der Waals surface area contributed by atoms with E-state index in [-0.39, 0.29) is 11.7 Å². The van der Waals surface area contributed by atoms with Gasteiger partial charge in [-0.25, -0.2) is 4.39 Å². The first-order chi connectivity index (χ1) is 13.1. The van der Waals surface area contributed by atoms with Crippen molar-refractivity contribution < 1.29 is 9.18 Å². The molecule has 138 valence electrons. The maximum Gasteiger partial charge on any atom is 0.255 e. The van der Waals surface area contributed by atoms with Crippen LogP contribution in [0.1, 0.15) is 35.4 Å². The summed E-state index contributed by atoms with van der Waals surface area (Å²) < 4.78 is 17.3. The fraction of sp³-hybridized carbons (Fsp3) is 0.250. The maximum atomic E-state index is 14.5. The Morgan fingerprint density at radius 3 is 2.85 bits per heavy atom. The first-order valence-corrected chi connectivity index (χ1v) is 9.70. The fourth-order valence-corrected chi connectivity index (χ4v) is 3.69. The molecule has 5 nitrogen and oxygen atoms in total. The van der Waals surface area contributed by atoms with Gasteiger partial charge in [-0.2, -0.15) is 0 Å². The van der Waals surface area contributed by atoms with Crippen molar-refractivity contribution in [3.05, 3.63) is 64.1 Å². The first-order valence-electron chi connectivity index (χ1n) is 8.91. The van der Waals surface area contributed by atoms with Gasteiger partial charge in [0.05, 0.1) is 5.56 Å². The highest BCUT2D eigenvalue weighted by Crippen LogP contribution is 2.27. The Hall–Kier alpha value is -2.54. The molecule has 1 aromatic heterocycles. The summed E-state index contributed by atoms with van der Waals surface area (Å²) in [7, 11) is 0. The SMILES string of the molecule is O=C(Nc1ccc(F)c(-c2nnc3n2CCCCC3)c1)c1cccc(Br)c1. The van der Waals surface area contributed by atoms with Gasteiger partial charge < -0.3 is 9.88 Å². The monoisotopic (exact) mass is 428 g/mol. The highest BCUT2D eigenvalue weighted by Gasteiger charge is 2.19. The lowest BCUT2D eigenvalue weighted by atomic mass is 10.1. The number of halogens is 2. The molecule has 1 aliphatic rings. The number of fused-ring (bicyclic) bond motifs is 1. The second-order valence-electron chi connectivity index (χ2n) is 6.56. The minimum atomic E-state index is -0.380. The number of amides is 1. The van der Waals surface area contributed by atoms with E-state index in [1.54, 1.807) is 30.3 Å². The van der Waals surface area contributed by atoms with Crippen molar-refractivity contribution in [1.82, 2.24) is 14.8 Å². The molecule has 0 atom stereocenters. The van der Waals surface area contributed by atoms with Crippen LogP contribution in [0.4, 0.5) is 10.1 Å². The summed E-state index contributed by atoms with van der Waals surface area (Å²) >= 11 is 3.36. The standard InChI is InChI=1S/C20H18BrFN4O/c21-14-6-4-5-13(11-14)20(27)23-15-8-9-17(22)16(12-15)19-25-24-18-7-2-1-3-10-26(18)19/h4-6,8-9,11-12H,1-3,7,10H2,(H,23,27). The molecule has 1 N–H and O–H groups in total. The van der Waals surface area contributed by atoms with Gasteiger partial charge in [-0.1, -0.05) is 28.4 Å². The minimum Gasteiger partial charge on any atom is -0.322 e. The van der Waals surface area contributed by atoms with Gasteiger partial charge in [0, 0.05) is 28.7 Å². The van der Waals surface area contributed by atoms with Crippen LogP contribution < -0.4 is 5.32 Å². The number of aromatic nitrogens is 3. The van der Waals surface area contributed by atoms with E-state index in [0.717, 1.165) is 42.5 Å². The van der Waals surface area contributed by atoms with Crippen molar-refractivity contribution in [2.24, 2.45) is 0 Å². The van der Waals surface area contributed by atoms with Crippen LogP contribution in [-0.4, -0.2) is 20.7 Å². The molecular weight excluding hydrogens is 411 g/mol. The molecule has 7 heteroatoms. The van der Waals surface area contributed by atoms with Gasteiger partial charge in [0.25, 0.3) is 5.91 Å². The number of rotatable bonds is 3. The molecule has 3 aromatic rings. The molecule has 2 aromatic carbocycles. The van der Waals surface area contributed by atoms with Crippen molar-refractivity contribution in [1.29, 1.82) is 0 Å². The van der Waals surface area contributed by atoms with Crippen LogP contribution in [0, 0.1) is 5.82 Å². The number of anilines is 1. The average Bonchev–Trinajstić information content (AvgIpc) is 2.91. The summed E-state index contributed by atoms with van der Waals surface area (Å²) in [5.41, 5.74) is 1.39. The zero-order valence-electron chi connectivity index (χ0n) is 14.6. The average molecular weight is 429 g/mol. The van der Waals surface area contributed by atoms with E-state index in [1.807, 2.05) is 10.6 Å². The number of carbonyl (C=O) groups is 1. The second-order valence-corrected chi connectivity index (χ2v) is 7.48. The zero-order chi connectivity index (χ0) is 18.8. The summed E-state index contributed by atoms with van der Waals surface area (Å²) in [4.78, 5) is 12.5. The third-order valence-electron chi connectivity index (χ3n) is 4.66. The summed E-state index contributed by atoms with van der Waals surface area (Å²) in [5.74, 6) is 0.775. The van der Waals surface area contributed by atoms with Crippen molar-refractivity contribution >= 4 is 27.5 Å². The molecule has 0 bridgehead atoms. The summed E-state index contributed by atoms with van der Waals surface area (Å²) in [6, 6.07) is 11.6. The molecule has 0 saturated carbocycles. The quantitative estimate of drug-likeness (QED) is 0.649. The number of carbonyl (C=O) groups excluding carboxylic acids is 1. The third-order valence-corrected chi connectivity index (χ3v) is 5.15. The van der Waals surface area contributed by atoms with Crippen molar-refractivity contribution in [3.8, 4) is 11.4 Å². The van der Waals surface area contributed by atoms with Gasteiger partial charge in [0.1, 0.15) is 11.6 Å². The lowest BCUT2D eigenvalue weighted by Crippen LogP contribution is -2.12. The Morgan fingerprint density at radius 2 is 2.00 bits per heavy atom. The molecule has 0 radical (unpaired) electrons. The Kier molecular flexibility index (Phi) is 5.03. The van der Waals surface area contributed by atoms with Gasteiger partial charge >= 0.3 is 0 Å². The lowest BCUT2D eigenvalue weighted by Gasteiger charge is -2.10. The maximum absolute atomic E-state index is 14.5. The minimum absolute atomic E-state index is 0.256. The Morgan fingerprint density at radius 1 is 1.11 bits per heavy atom. The highest BCUT2D eigenvalue weighted by atomic mass is 79.9. The normalized spacial score (nSPS) is 13.7. The molecule has 1 aliphatic heterocycles. The Bertz CT molecular complexity index is 1000. The molecule has 0 unspecified atom stereocenters. The van der Waals surface area contributed by atoms with Crippen LogP contribution in [0.15, 0.2) is 46.9 Å². The zero-order valence-corrected chi connectivity index (χ0v) is 16.2. The fourth-order valence-electron chi connectivity index (χ4n) is 3.29. The molecular formula is C20H18BrFN4O. The number of hydrogen-bond donors (Lipinski definition) is 1. The molecule has 27 heavy (non-hydrogen) atoms. The van der Waals surface area contributed by atoms with Crippen LogP contribution >= 0.6 is 15.9 Å².